The third kappa shape index (κ3) is 5.24. The van der Waals surface area contributed by atoms with E-state index in [1.165, 1.54) is 24.3 Å². The standard InChI is InChI=1S/C18H17Cl2NO4S/c1-3-25-18(22)11-17(15-9-6-13(19)10-16(15)20)21-26(23,24)14-7-4-12(2)5-8-14/h4-11,21H,3H2,1-2H3/b17-11-. The number of aryl methyl sites for hydroxylation is 1. The van der Waals surface area contributed by atoms with Gasteiger partial charge in [0.1, 0.15) is 0 Å². The van der Waals surface area contributed by atoms with Crippen LogP contribution in [-0.2, 0) is 19.6 Å². The van der Waals surface area contributed by atoms with Crippen LogP contribution in [0.15, 0.2) is 53.4 Å². The molecule has 0 aliphatic heterocycles. The van der Waals surface area contributed by atoms with Gasteiger partial charge in [0.15, 0.2) is 0 Å². The predicted octanol–water partition coefficient (Wildman–Crippen LogP) is 4.18. The molecule has 2 rings (SSSR count). The molecule has 0 aliphatic carbocycles. The first-order valence-electron chi connectivity index (χ1n) is 7.66. The van der Waals surface area contributed by atoms with Crippen LogP contribution in [0.1, 0.15) is 18.1 Å². The second kappa shape index (κ2) is 8.58. The highest BCUT2D eigenvalue weighted by molar-refractivity contribution is 7.89. The van der Waals surface area contributed by atoms with Gasteiger partial charge in [0.05, 0.1) is 22.2 Å². The number of halogens is 2. The van der Waals surface area contributed by atoms with Crippen LogP contribution in [0.25, 0.3) is 5.70 Å². The van der Waals surface area contributed by atoms with E-state index in [1.807, 2.05) is 6.92 Å². The lowest BCUT2D eigenvalue weighted by Gasteiger charge is -2.14. The zero-order valence-electron chi connectivity index (χ0n) is 14.1. The van der Waals surface area contributed by atoms with Gasteiger partial charge in [-0.05, 0) is 44.2 Å². The first-order chi connectivity index (χ1) is 12.2. The molecule has 0 heterocycles. The van der Waals surface area contributed by atoms with E-state index in [1.54, 1.807) is 25.1 Å². The average molecular weight is 414 g/mol. The van der Waals surface area contributed by atoms with Crippen LogP contribution in [0.5, 0.6) is 0 Å². The zero-order valence-corrected chi connectivity index (χ0v) is 16.5. The van der Waals surface area contributed by atoms with Crippen molar-refractivity contribution in [2.75, 3.05) is 6.61 Å². The van der Waals surface area contributed by atoms with Crippen molar-refractivity contribution in [1.82, 2.24) is 4.72 Å². The van der Waals surface area contributed by atoms with Gasteiger partial charge in [-0.2, -0.15) is 0 Å². The lowest BCUT2D eigenvalue weighted by molar-refractivity contribution is -0.137. The summed E-state index contributed by atoms with van der Waals surface area (Å²) in [5.74, 6) is -0.694. The molecule has 1 N–H and O–H groups in total. The number of carbonyl (C=O) groups is 1. The maximum atomic E-state index is 12.7. The van der Waals surface area contributed by atoms with Gasteiger partial charge in [0.25, 0.3) is 10.0 Å². The summed E-state index contributed by atoms with van der Waals surface area (Å²) in [7, 11) is -3.93. The van der Waals surface area contributed by atoms with Crippen molar-refractivity contribution in [3.63, 3.8) is 0 Å². The van der Waals surface area contributed by atoms with Crippen molar-refractivity contribution < 1.29 is 17.9 Å². The normalized spacial score (nSPS) is 11.9. The molecule has 0 aromatic heterocycles. The van der Waals surface area contributed by atoms with Crippen LogP contribution in [-0.4, -0.2) is 21.0 Å². The Kier molecular flexibility index (Phi) is 6.69. The molecule has 0 amide bonds. The number of rotatable bonds is 6. The number of esters is 1. The molecule has 138 valence electrons. The Morgan fingerprint density at radius 1 is 1.15 bits per heavy atom. The average Bonchev–Trinajstić information content (AvgIpc) is 2.54. The second-order valence-electron chi connectivity index (χ2n) is 5.35. The van der Waals surface area contributed by atoms with E-state index in [0.717, 1.165) is 11.6 Å². The molecule has 2 aromatic carbocycles. The fraction of sp³-hybridized carbons (Fsp3) is 0.167. The van der Waals surface area contributed by atoms with Crippen LogP contribution in [0, 0.1) is 6.92 Å². The van der Waals surface area contributed by atoms with Crippen molar-refractivity contribution in [3.8, 4) is 0 Å². The Morgan fingerprint density at radius 2 is 1.81 bits per heavy atom. The van der Waals surface area contributed by atoms with Crippen molar-refractivity contribution in [2.24, 2.45) is 0 Å². The Balaban J connectivity index is 2.47. The van der Waals surface area contributed by atoms with E-state index in [4.69, 9.17) is 27.9 Å². The van der Waals surface area contributed by atoms with E-state index in [0.29, 0.717) is 10.6 Å². The van der Waals surface area contributed by atoms with Crippen molar-refractivity contribution in [2.45, 2.75) is 18.7 Å². The minimum atomic E-state index is -3.93. The van der Waals surface area contributed by atoms with Crippen molar-refractivity contribution >= 4 is 44.9 Å². The highest BCUT2D eigenvalue weighted by Crippen LogP contribution is 2.27. The number of benzene rings is 2. The van der Waals surface area contributed by atoms with Crippen LogP contribution < -0.4 is 4.72 Å². The molecule has 0 saturated carbocycles. The van der Waals surface area contributed by atoms with Gasteiger partial charge in [0, 0.05) is 16.7 Å². The van der Waals surface area contributed by atoms with Gasteiger partial charge in [-0.25, -0.2) is 13.2 Å². The molecule has 5 nitrogen and oxygen atoms in total. The minimum absolute atomic E-state index is 0.00862. The molecule has 0 unspecified atom stereocenters. The molecule has 0 atom stereocenters. The molecule has 8 heteroatoms. The molecule has 0 saturated heterocycles. The summed E-state index contributed by atoms with van der Waals surface area (Å²) in [6.07, 6.45) is 1.05. The third-order valence-electron chi connectivity index (χ3n) is 3.35. The topological polar surface area (TPSA) is 72.5 Å². The summed E-state index contributed by atoms with van der Waals surface area (Å²) in [6, 6.07) is 10.8. The maximum absolute atomic E-state index is 12.7. The largest absolute Gasteiger partial charge is 0.463 e. The molecule has 0 aliphatic rings. The summed E-state index contributed by atoms with van der Waals surface area (Å²) in [5.41, 5.74) is 1.22. The summed E-state index contributed by atoms with van der Waals surface area (Å²) in [4.78, 5) is 11.9. The van der Waals surface area contributed by atoms with Gasteiger partial charge >= 0.3 is 5.97 Å². The lowest BCUT2D eigenvalue weighted by Crippen LogP contribution is -2.23. The fourth-order valence-corrected chi connectivity index (χ4v) is 3.67. The molecule has 0 spiro atoms. The molecule has 2 aromatic rings. The second-order valence-corrected chi connectivity index (χ2v) is 7.88. The van der Waals surface area contributed by atoms with Crippen LogP contribution >= 0.6 is 23.2 Å². The van der Waals surface area contributed by atoms with Gasteiger partial charge in [-0.3, -0.25) is 4.72 Å². The van der Waals surface area contributed by atoms with Crippen LogP contribution in [0.4, 0.5) is 0 Å². The maximum Gasteiger partial charge on any atom is 0.332 e. The number of carbonyl (C=O) groups excluding carboxylic acids is 1. The Labute approximate surface area is 162 Å². The summed E-state index contributed by atoms with van der Waals surface area (Å²) < 4.78 is 32.6. The Hall–Kier alpha value is -2.02. The number of hydrogen-bond acceptors (Lipinski definition) is 4. The molecule has 0 radical (unpaired) electrons. The summed E-state index contributed by atoms with van der Waals surface area (Å²) >= 11 is 12.1. The van der Waals surface area contributed by atoms with E-state index in [9.17, 15) is 13.2 Å². The lowest BCUT2D eigenvalue weighted by atomic mass is 10.1. The van der Waals surface area contributed by atoms with E-state index < -0.39 is 16.0 Å². The Bertz CT molecular complexity index is 938. The molecular formula is C18H17Cl2NO4S. The van der Waals surface area contributed by atoms with Crippen LogP contribution in [0.2, 0.25) is 10.0 Å². The molecule has 0 bridgehead atoms. The first-order valence-corrected chi connectivity index (χ1v) is 9.90. The van der Waals surface area contributed by atoms with Gasteiger partial charge in [-0.1, -0.05) is 40.9 Å². The summed E-state index contributed by atoms with van der Waals surface area (Å²) in [6.45, 7) is 3.65. The van der Waals surface area contributed by atoms with Crippen molar-refractivity contribution in [1.29, 1.82) is 0 Å². The number of sulfonamides is 1. The van der Waals surface area contributed by atoms with Gasteiger partial charge < -0.3 is 4.74 Å². The predicted molar refractivity (Wildman–Crippen MR) is 103 cm³/mol. The van der Waals surface area contributed by atoms with E-state index in [-0.39, 0.29) is 22.2 Å². The zero-order chi connectivity index (χ0) is 19.3. The molecule has 26 heavy (non-hydrogen) atoms. The SMILES string of the molecule is CCOC(=O)/C=C(\NS(=O)(=O)c1ccc(C)cc1)c1ccc(Cl)cc1Cl. The highest BCUT2D eigenvalue weighted by atomic mass is 35.5. The van der Waals surface area contributed by atoms with E-state index in [2.05, 4.69) is 4.72 Å². The number of nitrogens with one attached hydrogen (secondary N) is 1. The summed E-state index contributed by atoms with van der Waals surface area (Å²) in [5, 5.41) is 0.579. The van der Waals surface area contributed by atoms with Crippen LogP contribution in [0.3, 0.4) is 0 Å². The van der Waals surface area contributed by atoms with Gasteiger partial charge in [0.2, 0.25) is 0 Å². The number of hydrogen-bond donors (Lipinski definition) is 1. The van der Waals surface area contributed by atoms with Crippen molar-refractivity contribution in [3.05, 3.63) is 69.7 Å². The third-order valence-corrected chi connectivity index (χ3v) is 5.27. The fourth-order valence-electron chi connectivity index (χ4n) is 2.09. The minimum Gasteiger partial charge on any atom is -0.463 e. The highest BCUT2D eigenvalue weighted by Gasteiger charge is 2.19. The molecule has 0 fully saturated rings. The quantitative estimate of drug-likeness (QED) is 0.569. The monoisotopic (exact) mass is 413 g/mol. The first kappa shape index (κ1) is 20.3. The Morgan fingerprint density at radius 3 is 2.38 bits per heavy atom. The van der Waals surface area contributed by atoms with E-state index >= 15 is 0 Å². The number of ether oxygens (including phenoxy) is 1. The molecular weight excluding hydrogens is 397 g/mol. The smallest absolute Gasteiger partial charge is 0.332 e. The van der Waals surface area contributed by atoms with Gasteiger partial charge in [-0.15, -0.1) is 0 Å².